The van der Waals surface area contributed by atoms with Crippen LogP contribution < -0.4 is 16.0 Å². The number of rotatable bonds is 5. The van der Waals surface area contributed by atoms with Crippen molar-refractivity contribution in [2.75, 3.05) is 23.3 Å². The van der Waals surface area contributed by atoms with E-state index >= 15 is 0 Å². The van der Waals surface area contributed by atoms with Gasteiger partial charge in [0.1, 0.15) is 23.0 Å². The van der Waals surface area contributed by atoms with Crippen molar-refractivity contribution < 1.29 is 0 Å². The number of hydrogen-bond acceptors (Lipinski definition) is 8. The fourth-order valence-corrected chi connectivity index (χ4v) is 4.13. The number of aromatic nitrogens is 6. The zero-order valence-electron chi connectivity index (χ0n) is 17.7. The summed E-state index contributed by atoms with van der Waals surface area (Å²) in [6, 6.07) is 6.95. The fourth-order valence-electron chi connectivity index (χ4n) is 4.13. The van der Waals surface area contributed by atoms with E-state index in [1.807, 2.05) is 18.3 Å². The lowest BCUT2D eigenvalue weighted by Gasteiger charge is -2.30. The van der Waals surface area contributed by atoms with Crippen LogP contribution in [0.4, 0.5) is 11.6 Å². The smallest absolute Gasteiger partial charge is 0.147 e. The molecule has 0 spiro atoms. The molecule has 0 amide bonds. The van der Waals surface area contributed by atoms with Crippen LogP contribution in [0.25, 0.3) is 33.5 Å². The molecule has 4 aromatic rings. The van der Waals surface area contributed by atoms with Gasteiger partial charge in [0.15, 0.2) is 0 Å². The molecule has 0 unspecified atom stereocenters. The van der Waals surface area contributed by atoms with Crippen LogP contribution in [0.5, 0.6) is 0 Å². The Kier molecular flexibility index (Phi) is 4.68. The predicted molar refractivity (Wildman–Crippen MR) is 124 cm³/mol. The standard InChI is InChI=1S/C23H25N9/c24-15-5-7-32(8-6-15)22-13-26-11-20(29-22)23-17-9-14(1-4-18(17)30-31-23)19-10-25-12-21(28-19)27-16-2-3-16/h1,4,9-13,15-16H,2-3,5-8,24H2,(H,27,28)(H,30,31). The van der Waals surface area contributed by atoms with E-state index in [1.165, 1.54) is 12.8 Å². The van der Waals surface area contributed by atoms with E-state index in [4.69, 9.17) is 15.7 Å². The van der Waals surface area contributed by atoms with Gasteiger partial charge in [-0.15, -0.1) is 0 Å². The van der Waals surface area contributed by atoms with Gasteiger partial charge < -0.3 is 16.0 Å². The van der Waals surface area contributed by atoms with E-state index in [2.05, 4.69) is 36.4 Å². The van der Waals surface area contributed by atoms with Crippen molar-refractivity contribution in [3.05, 3.63) is 43.0 Å². The Morgan fingerprint density at radius 3 is 2.59 bits per heavy atom. The van der Waals surface area contributed by atoms with Gasteiger partial charge in [0.05, 0.1) is 36.0 Å². The monoisotopic (exact) mass is 427 g/mol. The van der Waals surface area contributed by atoms with Crippen molar-refractivity contribution >= 4 is 22.5 Å². The Balaban J connectivity index is 1.34. The molecule has 1 aliphatic carbocycles. The van der Waals surface area contributed by atoms with Gasteiger partial charge >= 0.3 is 0 Å². The molecule has 0 bridgehead atoms. The number of anilines is 2. The Bertz CT molecular complexity index is 1260. The lowest BCUT2D eigenvalue weighted by Crippen LogP contribution is -2.40. The second kappa shape index (κ2) is 7.83. The molecule has 4 heterocycles. The molecule has 1 aliphatic heterocycles. The molecule has 6 rings (SSSR count). The molecule has 1 saturated carbocycles. The van der Waals surface area contributed by atoms with Crippen molar-refractivity contribution in [2.24, 2.45) is 5.73 Å². The summed E-state index contributed by atoms with van der Waals surface area (Å²) in [6.07, 6.45) is 11.5. The Hall–Kier alpha value is -3.59. The van der Waals surface area contributed by atoms with E-state index in [-0.39, 0.29) is 6.04 Å². The van der Waals surface area contributed by atoms with E-state index in [1.54, 1.807) is 18.6 Å². The number of nitrogens with zero attached hydrogens (tertiary/aromatic N) is 6. The molecule has 0 radical (unpaired) electrons. The molecule has 0 atom stereocenters. The van der Waals surface area contributed by atoms with Crippen LogP contribution in [-0.4, -0.2) is 55.3 Å². The molecule has 4 N–H and O–H groups in total. The molecule has 1 aromatic carbocycles. The van der Waals surface area contributed by atoms with Gasteiger partial charge in [0.2, 0.25) is 0 Å². The summed E-state index contributed by atoms with van der Waals surface area (Å²) in [6.45, 7) is 1.79. The number of fused-ring (bicyclic) bond motifs is 1. The van der Waals surface area contributed by atoms with Gasteiger partial charge in [-0.25, -0.2) is 9.97 Å². The van der Waals surface area contributed by atoms with Gasteiger partial charge in [0.25, 0.3) is 0 Å². The summed E-state index contributed by atoms with van der Waals surface area (Å²) in [4.78, 5) is 20.7. The maximum absolute atomic E-state index is 6.05. The van der Waals surface area contributed by atoms with Crippen LogP contribution in [0, 0.1) is 0 Å². The summed E-state index contributed by atoms with van der Waals surface area (Å²) in [7, 11) is 0. The van der Waals surface area contributed by atoms with E-state index in [0.717, 1.165) is 71.1 Å². The van der Waals surface area contributed by atoms with Crippen LogP contribution in [0.15, 0.2) is 43.0 Å². The van der Waals surface area contributed by atoms with E-state index < -0.39 is 0 Å². The lowest BCUT2D eigenvalue weighted by atomic mass is 10.1. The third kappa shape index (κ3) is 3.75. The SMILES string of the molecule is NC1CCN(c2cncc(-c3n[nH]c4ccc(-c5cncc(NC6CC6)n5)cc34)n2)CC1. The molecular formula is C23H25N9. The summed E-state index contributed by atoms with van der Waals surface area (Å²) in [5, 5.41) is 12.1. The molecule has 2 aliphatic rings. The highest BCUT2D eigenvalue weighted by atomic mass is 15.2. The first-order valence-electron chi connectivity index (χ1n) is 11.1. The number of benzene rings is 1. The summed E-state index contributed by atoms with van der Waals surface area (Å²) in [5.74, 6) is 1.68. The van der Waals surface area contributed by atoms with Gasteiger partial charge in [-0.1, -0.05) is 6.07 Å². The number of piperidine rings is 1. The Labute approximate surface area is 185 Å². The maximum Gasteiger partial charge on any atom is 0.147 e. The molecule has 9 nitrogen and oxygen atoms in total. The molecule has 3 aromatic heterocycles. The zero-order valence-corrected chi connectivity index (χ0v) is 17.7. The molecule has 162 valence electrons. The Morgan fingerprint density at radius 2 is 1.75 bits per heavy atom. The highest BCUT2D eigenvalue weighted by Crippen LogP contribution is 2.30. The minimum absolute atomic E-state index is 0.275. The highest BCUT2D eigenvalue weighted by molar-refractivity contribution is 5.94. The third-order valence-electron chi connectivity index (χ3n) is 6.15. The van der Waals surface area contributed by atoms with Crippen LogP contribution in [0.2, 0.25) is 0 Å². The number of nitrogens with one attached hydrogen (secondary N) is 2. The second-order valence-corrected chi connectivity index (χ2v) is 8.63. The van der Waals surface area contributed by atoms with Crippen molar-refractivity contribution in [2.45, 2.75) is 37.8 Å². The number of nitrogens with two attached hydrogens (primary N) is 1. The minimum atomic E-state index is 0.275. The first-order valence-corrected chi connectivity index (χ1v) is 11.1. The first-order chi connectivity index (χ1) is 15.7. The quantitative estimate of drug-likeness (QED) is 0.444. The number of aromatic amines is 1. The van der Waals surface area contributed by atoms with E-state index in [0.29, 0.717) is 6.04 Å². The average molecular weight is 428 g/mol. The molecule has 2 fully saturated rings. The van der Waals surface area contributed by atoms with Crippen molar-refractivity contribution in [1.82, 2.24) is 30.1 Å². The number of H-pyrrole nitrogens is 1. The van der Waals surface area contributed by atoms with Crippen molar-refractivity contribution in [1.29, 1.82) is 0 Å². The summed E-state index contributed by atoms with van der Waals surface area (Å²) in [5.41, 5.74) is 10.3. The highest BCUT2D eigenvalue weighted by Gasteiger charge is 2.22. The minimum Gasteiger partial charge on any atom is -0.366 e. The number of hydrogen-bond donors (Lipinski definition) is 3. The third-order valence-corrected chi connectivity index (χ3v) is 6.15. The average Bonchev–Trinajstić information content (AvgIpc) is 3.54. The maximum atomic E-state index is 6.05. The molecule has 1 saturated heterocycles. The van der Waals surface area contributed by atoms with Crippen molar-refractivity contribution in [3.63, 3.8) is 0 Å². The van der Waals surface area contributed by atoms with Crippen LogP contribution in [0.1, 0.15) is 25.7 Å². The van der Waals surface area contributed by atoms with Crippen LogP contribution in [0.3, 0.4) is 0 Å². The predicted octanol–water partition coefficient (Wildman–Crippen LogP) is 2.98. The fraction of sp³-hybridized carbons (Fsp3) is 0.348. The second-order valence-electron chi connectivity index (χ2n) is 8.63. The van der Waals surface area contributed by atoms with Crippen LogP contribution in [-0.2, 0) is 0 Å². The van der Waals surface area contributed by atoms with E-state index in [9.17, 15) is 0 Å². The topological polar surface area (TPSA) is 122 Å². The lowest BCUT2D eigenvalue weighted by molar-refractivity contribution is 0.498. The molecule has 32 heavy (non-hydrogen) atoms. The van der Waals surface area contributed by atoms with Gasteiger partial charge in [-0.3, -0.25) is 15.1 Å². The summed E-state index contributed by atoms with van der Waals surface area (Å²) >= 11 is 0. The van der Waals surface area contributed by atoms with Gasteiger partial charge in [0, 0.05) is 36.1 Å². The molecular weight excluding hydrogens is 402 g/mol. The zero-order chi connectivity index (χ0) is 21.5. The van der Waals surface area contributed by atoms with Crippen LogP contribution >= 0.6 is 0 Å². The summed E-state index contributed by atoms with van der Waals surface area (Å²) < 4.78 is 0. The Morgan fingerprint density at radius 1 is 0.938 bits per heavy atom. The van der Waals surface area contributed by atoms with Gasteiger partial charge in [-0.2, -0.15) is 5.10 Å². The first kappa shape index (κ1) is 19.1. The van der Waals surface area contributed by atoms with Crippen molar-refractivity contribution in [3.8, 4) is 22.6 Å². The van der Waals surface area contributed by atoms with Gasteiger partial charge in [-0.05, 0) is 37.8 Å². The largest absolute Gasteiger partial charge is 0.366 e. The molecule has 9 heteroatoms. The normalized spacial score (nSPS) is 17.1.